The van der Waals surface area contributed by atoms with Crippen LogP contribution in [-0.2, 0) is 4.74 Å². The summed E-state index contributed by atoms with van der Waals surface area (Å²) in [6, 6.07) is 1.80. The average molecular weight is 324 g/mol. The van der Waals surface area contributed by atoms with Crippen molar-refractivity contribution in [3.8, 4) is 0 Å². The molecular formula is C14H18ClN5O2. The molecule has 1 amide bonds. The Labute approximate surface area is 133 Å². The van der Waals surface area contributed by atoms with Crippen molar-refractivity contribution in [2.45, 2.75) is 38.8 Å². The third kappa shape index (κ3) is 2.99. The fraction of sp³-hybridized carbons (Fsp3) is 0.571. The van der Waals surface area contributed by atoms with Crippen molar-refractivity contribution in [1.82, 2.24) is 24.6 Å². The molecule has 3 heterocycles. The summed E-state index contributed by atoms with van der Waals surface area (Å²) >= 11 is 5.82. The van der Waals surface area contributed by atoms with Crippen molar-refractivity contribution in [3.05, 3.63) is 17.5 Å². The van der Waals surface area contributed by atoms with E-state index in [4.69, 9.17) is 16.3 Å². The molecule has 2 aromatic rings. The lowest BCUT2D eigenvalue weighted by atomic mass is 10.2. The van der Waals surface area contributed by atoms with E-state index >= 15 is 0 Å². The molecule has 1 unspecified atom stereocenters. The molecule has 0 aliphatic carbocycles. The van der Waals surface area contributed by atoms with Crippen LogP contribution >= 0.6 is 11.6 Å². The molecule has 1 aliphatic heterocycles. The molecular weight excluding hydrogens is 306 g/mol. The average Bonchev–Trinajstić information content (AvgIpc) is 3.01. The highest BCUT2D eigenvalue weighted by Crippen LogP contribution is 2.26. The molecule has 0 N–H and O–H groups in total. The van der Waals surface area contributed by atoms with Crippen LogP contribution in [0.3, 0.4) is 0 Å². The van der Waals surface area contributed by atoms with Crippen LogP contribution in [0.25, 0.3) is 11.2 Å². The van der Waals surface area contributed by atoms with Crippen LogP contribution in [0.15, 0.2) is 12.4 Å². The van der Waals surface area contributed by atoms with E-state index in [0.29, 0.717) is 29.4 Å². The number of hydrogen-bond donors (Lipinski definition) is 0. The molecule has 8 heteroatoms. The van der Waals surface area contributed by atoms with Gasteiger partial charge in [0.2, 0.25) is 0 Å². The molecule has 0 radical (unpaired) electrons. The first kappa shape index (κ1) is 15.0. The molecule has 118 valence electrons. The molecule has 0 bridgehead atoms. The smallest absolute Gasteiger partial charge is 0.410 e. The van der Waals surface area contributed by atoms with Gasteiger partial charge in [0.1, 0.15) is 11.1 Å². The summed E-state index contributed by atoms with van der Waals surface area (Å²) in [4.78, 5) is 18.1. The number of aromatic nitrogens is 4. The molecule has 1 aliphatic rings. The first-order valence-corrected chi connectivity index (χ1v) is 7.55. The fourth-order valence-corrected chi connectivity index (χ4v) is 2.68. The Hall–Kier alpha value is -1.89. The molecule has 0 aromatic carbocycles. The summed E-state index contributed by atoms with van der Waals surface area (Å²) in [7, 11) is 0. The molecule has 0 spiro atoms. The minimum Gasteiger partial charge on any atom is -0.444 e. The molecule has 1 fully saturated rings. The second-order valence-electron chi connectivity index (χ2n) is 6.40. The second kappa shape index (κ2) is 5.39. The fourth-order valence-electron chi connectivity index (χ4n) is 2.54. The number of rotatable bonds is 1. The van der Waals surface area contributed by atoms with Crippen LogP contribution in [0.4, 0.5) is 4.79 Å². The maximum absolute atomic E-state index is 12.1. The van der Waals surface area contributed by atoms with Gasteiger partial charge in [0, 0.05) is 19.2 Å². The van der Waals surface area contributed by atoms with E-state index in [0.717, 1.165) is 6.42 Å². The number of nitrogens with zero attached hydrogens (tertiary/aromatic N) is 5. The van der Waals surface area contributed by atoms with Gasteiger partial charge in [-0.2, -0.15) is 0 Å². The normalized spacial score (nSPS) is 18.9. The Bertz CT molecular complexity index is 709. The topological polar surface area (TPSA) is 73.1 Å². The minimum absolute atomic E-state index is 0.119. The Morgan fingerprint density at radius 2 is 2.18 bits per heavy atom. The quantitative estimate of drug-likeness (QED) is 0.806. The van der Waals surface area contributed by atoms with Crippen LogP contribution in [-0.4, -0.2) is 49.4 Å². The maximum atomic E-state index is 12.1. The second-order valence-corrected chi connectivity index (χ2v) is 6.78. The number of halogens is 1. The van der Waals surface area contributed by atoms with Crippen molar-refractivity contribution in [2.75, 3.05) is 13.1 Å². The largest absolute Gasteiger partial charge is 0.444 e. The Morgan fingerprint density at radius 3 is 2.91 bits per heavy atom. The molecule has 2 aromatic heterocycles. The number of ether oxygens (including phenoxy) is 1. The number of imidazole rings is 1. The summed E-state index contributed by atoms with van der Waals surface area (Å²) in [5.74, 6) is 0. The van der Waals surface area contributed by atoms with E-state index < -0.39 is 5.60 Å². The predicted octanol–water partition coefficient (Wildman–Crippen LogP) is 2.66. The third-order valence-corrected chi connectivity index (χ3v) is 3.68. The Balaban J connectivity index is 1.76. The number of hydrogen-bond acceptors (Lipinski definition) is 5. The molecule has 1 saturated heterocycles. The van der Waals surface area contributed by atoms with Gasteiger partial charge in [0.05, 0.1) is 12.4 Å². The van der Waals surface area contributed by atoms with Crippen molar-refractivity contribution in [1.29, 1.82) is 0 Å². The highest BCUT2D eigenvalue weighted by atomic mass is 35.5. The summed E-state index contributed by atoms with van der Waals surface area (Å²) in [5.41, 5.74) is 0.898. The summed E-state index contributed by atoms with van der Waals surface area (Å²) in [6.45, 7) is 6.81. The highest BCUT2D eigenvalue weighted by Gasteiger charge is 2.31. The van der Waals surface area contributed by atoms with Crippen molar-refractivity contribution in [2.24, 2.45) is 0 Å². The number of carbonyl (C=O) groups is 1. The monoisotopic (exact) mass is 323 g/mol. The molecule has 0 saturated carbocycles. The zero-order valence-electron chi connectivity index (χ0n) is 12.8. The standard InChI is InChI=1S/C14H18ClN5O2/c1-14(2,3)22-13(21)19-5-4-9(7-19)20-8-16-10-6-11(15)17-18-12(10)20/h6,8-9H,4-5,7H2,1-3H3. The maximum Gasteiger partial charge on any atom is 0.410 e. The number of carbonyl (C=O) groups excluding carboxylic acids is 1. The van der Waals surface area contributed by atoms with E-state index in [2.05, 4.69) is 15.2 Å². The van der Waals surface area contributed by atoms with Crippen LogP contribution in [0.2, 0.25) is 5.15 Å². The van der Waals surface area contributed by atoms with E-state index in [9.17, 15) is 4.79 Å². The van der Waals surface area contributed by atoms with Crippen LogP contribution < -0.4 is 0 Å². The van der Waals surface area contributed by atoms with Gasteiger partial charge in [-0.05, 0) is 27.2 Å². The van der Waals surface area contributed by atoms with E-state index in [-0.39, 0.29) is 12.1 Å². The Kier molecular flexibility index (Phi) is 3.68. The molecule has 7 nitrogen and oxygen atoms in total. The van der Waals surface area contributed by atoms with Gasteiger partial charge in [0.25, 0.3) is 0 Å². The number of fused-ring (bicyclic) bond motifs is 1. The minimum atomic E-state index is -0.487. The SMILES string of the molecule is CC(C)(C)OC(=O)N1CCC(n2cnc3cc(Cl)nnc32)C1. The lowest BCUT2D eigenvalue weighted by Crippen LogP contribution is -2.35. The molecule has 1 atom stereocenters. The Morgan fingerprint density at radius 1 is 1.41 bits per heavy atom. The van der Waals surface area contributed by atoms with Crippen molar-refractivity contribution >= 4 is 28.9 Å². The number of amides is 1. The van der Waals surface area contributed by atoms with Gasteiger partial charge in [-0.15, -0.1) is 10.2 Å². The van der Waals surface area contributed by atoms with E-state index in [1.165, 1.54) is 0 Å². The molecule has 3 rings (SSSR count). The van der Waals surface area contributed by atoms with Gasteiger partial charge in [0.15, 0.2) is 10.8 Å². The van der Waals surface area contributed by atoms with Crippen LogP contribution in [0, 0.1) is 0 Å². The van der Waals surface area contributed by atoms with E-state index in [1.807, 2.05) is 25.3 Å². The van der Waals surface area contributed by atoms with Crippen LogP contribution in [0.1, 0.15) is 33.2 Å². The molecule has 22 heavy (non-hydrogen) atoms. The predicted molar refractivity (Wildman–Crippen MR) is 81.8 cm³/mol. The van der Waals surface area contributed by atoms with Gasteiger partial charge in [-0.1, -0.05) is 11.6 Å². The van der Waals surface area contributed by atoms with Gasteiger partial charge >= 0.3 is 6.09 Å². The van der Waals surface area contributed by atoms with Crippen molar-refractivity contribution < 1.29 is 9.53 Å². The van der Waals surface area contributed by atoms with Gasteiger partial charge in [-0.3, -0.25) is 0 Å². The zero-order chi connectivity index (χ0) is 15.9. The zero-order valence-corrected chi connectivity index (χ0v) is 13.5. The summed E-state index contributed by atoms with van der Waals surface area (Å²) in [5, 5.41) is 8.28. The van der Waals surface area contributed by atoms with Gasteiger partial charge in [-0.25, -0.2) is 9.78 Å². The first-order valence-electron chi connectivity index (χ1n) is 7.17. The van der Waals surface area contributed by atoms with Gasteiger partial charge < -0.3 is 14.2 Å². The van der Waals surface area contributed by atoms with E-state index in [1.54, 1.807) is 17.3 Å². The van der Waals surface area contributed by atoms with Crippen molar-refractivity contribution in [3.63, 3.8) is 0 Å². The first-order chi connectivity index (χ1) is 10.3. The van der Waals surface area contributed by atoms with Crippen LogP contribution in [0.5, 0.6) is 0 Å². The highest BCUT2D eigenvalue weighted by molar-refractivity contribution is 6.29. The summed E-state index contributed by atoms with van der Waals surface area (Å²) in [6.07, 6.45) is 2.27. The number of likely N-dealkylation sites (tertiary alicyclic amines) is 1. The third-order valence-electron chi connectivity index (χ3n) is 3.50. The lowest BCUT2D eigenvalue weighted by Gasteiger charge is -2.24. The summed E-state index contributed by atoms with van der Waals surface area (Å²) < 4.78 is 7.35. The lowest BCUT2D eigenvalue weighted by molar-refractivity contribution is 0.0289.